The van der Waals surface area contributed by atoms with Crippen molar-refractivity contribution in [3.8, 4) is 5.75 Å². The van der Waals surface area contributed by atoms with Crippen LogP contribution in [0.2, 0.25) is 0 Å². The van der Waals surface area contributed by atoms with Crippen molar-refractivity contribution in [2.75, 3.05) is 25.2 Å². The topological polar surface area (TPSA) is 38.3 Å². The minimum atomic E-state index is 0.163. The molecule has 0 amide bonds. The molecule has 2 rings (SSSR count). The van der Waals surface area contributed by atoms with Crippen LogP contribution < -0.4 is 10.1 Å². The second kappa shape index (κ2) is 6.25. The average molecular weight is 265 g/mol. The molecule has 1 unspecified atom stereocenters. The number of benzene rings is 1. The number of thioether (sulfide) groups is 1. The largest absolute Gasteiger partial charge is 0.496 e. The molecule has 0 spiro atoms. The average Bonchev–Trinajstić information content (AvgIpc) is 2.40. The molecule has 98 valence electrons. The molecule has 1 N–H and O–H groups in total. The molecule has 1 fully saturated rings. The molecular weight excluding hydrogens is 246 g/mol. The van der Waals surface area contributed by atoms with Crippen molar-refractivity contribution >= 4 is 17.5 Å². The minimum Gasteiger partial charge on any atom is -0.496 e. The van der Waals surface area contributed by atoms with E-state index in [2.05, 4.69) is 5.32 Å². The van der Waals surface area contributed by atoms with Crippen LogP contribution in [0, 0.1) is 6.92 Å². The Labute approximate surface area is 112 Å². The Hall–Kier alpha value is -1.00. The maximum atomic E-state index is 12.3. The molecule has 1 aliphatic rings. The van der Waals surface area contributed by atoms with Gasteiger partial charge in [0.1, 0.15) is 5.75 Å². The molecule has 0 aliphatic carbocycles. The molecule has 1 saturated heterocycles. The Morgan fingerprint density at radius 3 is 3.06 bits per heavy atom. The lowest BCUT2D eigenvalue weighted by Gasteiger charge is -2.22. The number of carbonyl (C=O) groups is 1. The normalized spacial score (nSPS) is 19.6. The Kier molecular flexibility index (Phi) is 4.66. The highest BCUT2D eigenvalue weighted by molar-refractivity contribution is 7.99. The smallest absolute Gasteiger partial charge is 0.168 e. The van der Waals surface area contributed by atoms with Gasteiger partial charge in [-0.15, -0.1) is 0 Å². The SMILES string of the molecule is COc1ccc(C)cc1C(=O)CC1CSCCN1. The molecule has 0 bridgehead atoms. The zero-order chi connectivity index (χ0) is 13.0. The monoisotopic (exact) mass is 265 g/mol. The second-order valence-corrected chi connectivity index (χ2v) is 5.71. The van der Waals surface area contributed by atoms with E-state index in [1.807, 2.05) is 36.9 Å². The summed E-state index contributed by atoms with van der Waals surface area (Å²) in [6, 6.07) is 6.04. The third-order valence-electron chi connectivity index (χ3n) is 3.09. The zero-order valence-corrected chi connectivity index (χ0v) is 11.7. The van der Waals surface area contributed by atoms with E-state index in [4.69, 9.17) is 4.74 Å². The second-order valence-electron chi connectivity index (χ2n) is 4.56. The first-order valence-corrected chi connectivity index (χ1v) is 7.35. The number of carbonyl (C=O) groups excluding carboxylic acids is 1. The summed E-state index contributed by atoms with van der Waals surface area (Å²) in [4.78, 5) is 12.3. The van der Waals surface area contributed by atoms with Gasteiger partial charge < -0.3 is 10.1 Å². The van der Waals surface area contributed by atoms with Gasteiger partial charge >= 0.3 is 0 Å². The number of aryl methyl sites for hydroxylation is 1. The fourth-order valence-corrected chi connectivity index (χ4v) is 3.07. The molecule has 1 heterocycles. The molecule has 3 nitrogen and oxygen atoms in total. The quantitative estimate of drug-likeness (QED) is 0.848. The Morgan fingerprint density at radius 1 is 1.56 bits per heavy atom. The number of Topliss-reactive ketones (excluding diaryl/α,β-unsaturated/α-hetero) is 1. The molecule has 0 radical (unpaired) electrons. The molecule has 4 heteroatoms. The first-order chi connectivity index (χ1) is 8.70. The van der Waals surface area contributed by atoms with Gasteiger partial charge in [-0.1, -0.05) is 11.6 Å². The molecule has 1 atom stereocenters. The van der Waals surface area contributed by atoms with Crippen molar-refractivity contribution < 1.29 is 9.53 Å². The van der Waals surface area contributed by atoms with E-state index in [0.717, 1.165) is 23.6 Å². The zero-order valence-electron chi connectivity index (χ0n) is 10.9. The van der Waals surface area contributed by atoms with Crippen LogP contribution >= 0.6 is 11.8 Å². The Bertz CT molecular complexity index is 428. The van der Waals surface area contributed by atoms with E-state index >= 15 is 0 Å². The van der Waals surface area contributed by atoms with E-state index in [-0.39, 0.29) is 5.78 Å². The molecule has 18 heavy (non-hydrogen) atoms. The standard InChI is InChI=1S/C14H19NO2S/c1-10-3-4-14(17-2)12(7-10)13(16)8-11-9-18-6-5-15-11/h3-4,7,11,15H,5-6,8-9H2,1-2H3. The van der Waals surface area contributed by atoms with Gasteiger partial charge in [0.15, 0.2) is 5.78 Å². The van der Waals surface area contributed by atoms with Crippen LogP contribution in [-0.4, -0.2) is 37.0 Å². The Morgan fingerprint density at radius 2 is 2.39 bits per heavy atom. The van der Waals surface area contributed by atoms with Gasteiger partial charge in [-0.25, -0.2) is 0 Å². The number of hydrogen-bond acceptors (Lipinski definition) is 4. The van der Waals surface area contributed by atoms with Gasteiger partial charge in [0.05, 0.1) is 12.7 Å². The van der Waals surface area contributed by atoms with Crippen molar-refractivity contribution in [1.29, 1.82) is 0 Å². The van der Waals surface area contributed by atoms with Crippen molar-refractivity contribution in [2.45, 2.75) is 19.4 Å². The number of methoxy groups -OCH3 is 1. The highest BCUT2D eigenvalue weighted by atomic mass is 32.2. The summed E-state index contributed by atoms with van der Waals surface area (Å²) in [7, 11) is 1.61. The summed E-state index contributed by atoms with van der Waals surface area (Å²) in [5, 5.41) is 3.39. The van der Waals surface area contributed by atoms with Crippen LogP contribution in [0.4, 0.5) is 0 Å². The van der Waals surface area contributed by atoms with Gasteiger partial charge in [0, 0.05) is 30.5 Å². The number of rotatable bonds is 4. The lowest BCUT2D eigenvalue weighted by molar-refractivity contribution is 0.0969. The molecule has 1 aromatic carbocycles. The maximum absolute atomic E-state index is 12.3. The molecular formula is C14H19NO2S. The predicted octanol–water partition coefficient (Wildman–Crippen LogP) is 2.28. The van der Waals surface area contributed by atoms with Gasteiger partial charge in [-0.05, 0) is 19.1 Å². The third-order valence-corrected chi connectivity index (χ3v) is 4.22. The van der Waals surface area contributed by atoms with E-state index in [1.54, 1.807) is 7.11 Å². The lowest BCUT2D eigenvalue weighted by Crippen LogP contribution is -2.38. The summed E-state index contributed by atoms with van der Waals surface area (Å²) in [5.74, 6) is 2.99. The van der Waals surface area contributed by atoms with Crippen LogP contribution in [-0.2, 0) is 0 Å². The van der Waals surface area contributed by atoms with Crippen LogP contribution in [0.5, 0.6) is 5.75 Å². The van der Waals surface area contributed by atoms with E-state index < -0.39 is 0 Å². The fourth-order valence-electron chi connectivity index (χ4n) is 2.12. The highest BCUT2D eigenvalue weighted by Gasteiger charge is 2.20. The first-order valence-electron chi connectivity index (χ1n) is 6.19. The van der Waals surface area contributed by atoms with Gasteiger partial charge in [0.25, 0.3) is 0 Å². The number of ether oxygens (including phenoxy) is 1. The first kappa shape index (κ1) is 13.4. The van der Waals surface area contributed by atoms with Crippen LogP contribution in [0.15, 0.2) is 18.2 Å². The van der Waals surface area contributed by atoms with Gasteiger partial charge in [-0.3, -0.25) is 4.79 Å². The summed E-state index contributed by atoms with van der Waals surface area (Å²) >= 11 is 1.91. The minimum absolute atomic E-state index is 0.163. The molecule has 0 aromatic heterocycles. The summed E-state index contributed by atoms with van der Waals surface area (Å²) in [6.45, 7) is 2.98. The number of ketones is 1. The molecule has 1 aliphatic heterocycles. The molecule has 0 saturated carbocycles. The van der Waals surface area contributed by atoms with Crippen molar-refractivity contribution in [3.05, 3.63) is 29.3 Å². The van der Waals surface area contributed by atoms with E-state index in [0.29, 0.717) is 23.8 Å². The van der Waals surface area contributed by atoms with Crippen molar-refractivity contribution in [3.63, 3.8) is 0 Å². The van der Waals surface area contributed by atoms with Crippen molar-refractivity contribution in [2.24, 2.45) is 0 Å². The number of hydrogen-bond donors (Lipinski definition) is 1. The predicted molar refractivity (Wildman–Crippen MR) is 75.8 cm³/mol. The fraction of sp³-hybridized carbons (Fsp3) is 0.500. The van der Waals surface area contributed by atoms with E-state index in [9.17, 15) is 4.79 Å². The van der Waals surface area contributed by atoms with E-state index in [1.165, 1.54) is 0 Å². The van der Waals surface area contributed by atoms with Gasteiger partial charge in [-0.2, -0.15) is 11.8 Å². The molecule has 1 aromatic rings. The maximum Gasteiger partial charge on any atom is 0.168 e. The summed E-state index contributed by atoms with van der Waals surface area (Å²) in [6.07, 6.45) is 0.548. The van der Waals surface area contributed by atoms with Crippen LogP contribution in [0.25, 0.3) is 0 Å². The Balaban J connectivity index is 2.09. The highest BCUT2D eigenvalue weighted by Crippen LogP contribution is 2.22. The van der Waals surface area contributed by atoms with Crippen LogP contribution in [0.3, 0.4) is 0 Å². The third kappa shape index (κ3) is 3.27. The van der Waals surface area contributed by atoms with Crippen LogP contribution in [0.1, 0.15) is 22.3 Å². The lowest BCUT2D eigenvalue weighted by atomic mass is 10.0. The van der Waals surface area contributed by atoms with Crippen molar-refractivity contribution in [1.82, 2.24) is 5.32 Å². The summed E-state index contributed by atoms with van der Waals surface area (Å²) in [5.41, 5.74) is 1.79. The number of nitrogens with one attached hydrogen (secondary N) is 1. The summed E-state index contributed by atoms with van der Waals surface area (Å²) < 4.78 is 5.26. The van der Waals surface area contributed by atoms with Gasteiger partial charge in [0.2, 0.25) is 0 Å².